The molecular weight excluding hydrogens is 845 g/mol. The number of rotatable bonds is 11. The number of imide groups is 1. The minimum absolute atomic E-state index is 0.125. The van der Waals surface area contributed by atoms with Crippen LogP contribution in [0.5, 0.6) is 11.5 Å². The lowest BCUT2D eigenvalue weighted by Gasteiger charge is -2.43. The summed E-state index contributed by atoms with van der Waals surface area (Å²) in [6.45, 7) is 10.5. The van der Waals surface area contributed by atoms with Crippen LogP contribution in [-0.2, 0) is 16.1 Å². The number of benzene rings is 3. The van der Waals surface area contributed by atoms with Gasteiger partial charge in [0, 0.05) is 95.2 Å². The van der Waals surface area contributed by atoms with E-state index in [2.05, 4.69) is 59.1 Å². The average molecular weight is 901 g/mol. The van der Waals surface area contributed by atoms with Crippen LogP contribution in [0.15, 0.2) is 97.5 Å². The molecule has 3 atom stereocenters. The minimum atomic E-state index is -0.595. The monoisotopic (exact) mass is 900 g/mol. The number of hydrogen-bond donors (Lipinski definition) is 2. The summed E-state index contributed by atoms with van der Waals surface area (Å²) in [5.74, 6) is 3.45. The predicted octanol–water partition coefficient (Wildman–Crippen LogP) is 5.76. The molecule has 3 aromatic heterocycles. The molecule has 3 aromatic carbocycles. The highest BCUT2D eigenvalue weighted by Gasteiger charge is 2.39. The summed E-state index contributed by atoms with van der Waals surface area (Å²) in [7, 11) is 0. The Morgan fingerprint density at radius 1 is 0.701 bits per heavy atom. The van der Waals surface area contributed by atoms with Gasteiger partial charge in [-0.05, 0) is 103 Å². The lowest BCUT2D eigenvalue weighted by Crippen LogP contribution is -2.52. The number of nitrogens with zero attached hydrogens (tertiary/aromatic N) is 10. The molecule has 5 aliphatic rings. The molecule has 6 aromatic rings. The molecule has 0 spiro atoms. The molecular formula is C51H56N12O4. The van der Waals surface area contributed by atoms with Gasteiger partial charge >= 0.3 is 0 Å². The minimum Gasteiger partial charge on any atom is -0.457 e. The molecule has 1 aliphatic carbocycles. The number of carbonyl (C=O) groups is 3. The van der Waals surface area contributed by atoms with Crippen LogP contribution in [-0.4, -0.2) is 129 Å². The molecule has 4 fully saturated rings. The van der Waals surface area contributed by atoms with Crippen molar-refractivity contribution in [2.75, 3.05) is 81.0 Å². The third-order valence-electron chi connectivity index (χ3n) is 14.6. The lowest BCUT2D eigenvalue weighted by atomic mass is 9.78. The number of carbonyl (C=O) groups excluding carboxylic acids is 3. The first kappa shape index (κ1) is 42.7. The van der Waals surface area contributed by atoms with Gasteiger partial charge in [-0.15, -0.1) is 0 Å². The Morgan fingerprint density at radius 2 is 1.39 bits per heavy atom. The molecule has 11 rings (SSSR count). The summed E-state index contributed by atoms with van der Waals surface area (Å²) in [5.41, 5.74) is 12.2. The van der Waals surface area contributed by atoms with Crippen LogP contribution in [0.25, 0.3) is 28.0 Å². The highest BCUT2D eigenvalue weighted by molar-refractivity contribution is 6.05. The molecule has 344 valence electrons. The Hall–Kier alpha value is -6.91. The van der Waals surface area contributed by atoms with E-state index >= 15 is 0 Å². The van der Waals surface area contributed by atoms with Crippen molar-refractivity contribution in [2.45, 2.75) is 51.1 Å². The van der Waals surface area contributed by atoms with E-state index in [4.69, 9.17) is 20.6 Å². The zero-order valence-corrected chi connectivity index (χ0v) is 37.7. The molecule has 0 bridgehead atoms. The molecule has 3 amide bonds. The summed E-state index contributed by atoms with van der Waals surface area (Å²) < 4.78 is 7.81. The summed E-state index contributed by atoms with van der Waals surface area (Å²) in [5, 5.41) is 8.09. The number of para-hydroxylation sites is 1. The van der Waals surface area contributed by atoms with Crippen LogP contribution in [0.4, 0.5) is 17.3 Å². The van der Waals surface area contributed by atoms with E-state index in [9.17, 15) is 14.4 Å². The largest absolute Gasteiger partial charge is 0.457 e. The van der Waals surface area contributed by atoms with Gasteiger partial charge in [-0.1, -0.05) is 31.0 Å². The molecule has 0 radical (unpaired) electrons. The molecule has 16 heteroatoms. The fourth-order valence-corrected chi connectivity index (χ4v) is 10.9. The normalized spacial score (nSPS) is 21.8. The maximum Gasteiger partial charge on any atom is 0.255 e. The Bertz CT molecular complexity index is 2770. The Kier molecular flexibility index (Phi) is 11.7. The van der Waals surface area contributed by atoms with Crippen LogP contribution >= 0.6 is 0 Å². The van der Waals surface area contributed by atoms with Crippen LogP contribution < -0.4 is 25.6 Å². The molecule has 4 aliphatic heterocycles. The van der Waals surface area contributed by atoms with Crippen LogP contribution in [0.3, 0.4) is 0 Å². The van der Waals surface area contributed by atoms with Crippen molar-refractivity contribution in [3.05, 3.63) is 109 Å². The van der Waals surface area contributed by atoms with E-state index in [1.807, 2.05) is 66.9 Å². The van der Waals surface area contributed by atoms with Gasteiger partial charge in [0.2, 0.25) is 11.8 Å². The lowest BCUT2D eigenvalue weighted by molar-refractivity contribution is -0.136. The molecule has 67 heavy (non-hydrogen) atoms. The topological polar surface area (TPSA) is 171 Å². The zero-order valence-electron chi connectivity index (χ0n) is 37.7. The number of hydrogen-bond acceptors (Lipinski definition) is 13. The second kappa shape index (κ2) is 18.4. The van der Waals surface area contributed by atoms with Crippen molar-refractivity contribution in [3.8, 4) is 28.4 Å². The maximum absolute atomic E-state index is 13.2. The average Bonchev–Trinajstić information content (AvgIpc) is 3.91. The summed E-state index contributed by atoms with van der Waals surface area (Å²) in [4.78, 5) is 63.1. The van der Waals surface area contributed by atoms with Crippen molar-refractivity contribution in [1.82, 2.24) is 44.7 Å². The van der Waals surface area contributed by atoms with Gasteiger partial charge in [0.1, 0.15) is 41.2 Å². The van der Waals surface area contributed by atoms with Gasteiger partial charge in [0.25, 0.3) is 5.91 Å². The fraction of sp³-hybridized carbons (Fsp3) is 0.392. The van der Waals surface area contributed by atoms with Gasteiger partial charge in [-0.2, -0.15) is 5.10 Å². The number of nitrogens with one attached hydrogen (secondary N) is 1. The Labute approximate surface area is 389 Å². The third kappa shape index (κ3) is 8.78. The predicted molar refractivity (Wildman–Crippen MR) is 256 cm³/mol. The number of ether oxygens (including phenoxy) is 1. The number of piperazine rings is 2. The second-order valence-electron chi connectivity index (χ2n) is 18.7. The standard InChI is InChI=1S/C51H56N12O4/c52-48-46-47(34-10-14-41(15-11-34)67-40-8-2-1-3-9-40)57-63(49(46)55-33-54-48)39-13-18-44(53-29-39)61-26-22-59(23-27-61)31-36-7-5-4-6-35(36)30-58-20-24-60(25-21-58)38-12-16-42-37(28-38)32-62(51(42)66)43-17-19-45(64)56-50(43)65/h1-3,8-16,18,28-29,33,35-36,43H,4-7,17,19-27,30-32H2,(H2,52,54,55)(H,56,64,65)/t35-,36-,43?/m0/s1. The number of pyridine rings is 1. The first-order valence-electron chi connectivity index (χ1n) is 23.8. The van der Waals surface area contributed by atoms with Crippen molar-refractivity contribution >= 4 is 46.1 Å². The van der Waals surface area contributed by atoms with Crippen LogP contribution in [0, 0.1) is 11.8 Å². The van der Waals surface area contributed by atoms with E-state index < -0.39 is 6.04 Å². The quantitative estimate of drug-likeness (QED) is 0.151. The maximum atomic E-state index is 13.2. The number of aromatic nitrogens is 5. The van der Waals surface area contributed by atoms with Gasteiger partial charge in [-0.25, -0.2) is 19.6 Å². The van der Waals surface area contributed by atoms with E-state index in [-0.39, 0.29) is 24.1 Å². The summed E-state index contributed by atoms with van der Waals surface area (Å²) >= 11 is 0. The Balaban J connectivity index is 0.675. The number of nitrogen functional groups attached to an aromatic ring is 1. The van der Waals surface area contributed by atoms with E-state index in [0.29, 0.717) is 52.9 Å². The highest BCUT2D eigenvalue weighted by atomic mass is 16.5. The summed E-state index contributed by atoms with van der Waals surface area (Å²) in [6.07, 6.45) is 9.19. The highest BCUT2D eigenvalue weighted by Crippen LogP contribution is 2.36. The third-order valence-corrected chi connectivity index (χ3v) is 14.6. The van der Waals surface area contributed by atoms with Crippen molar-refractivity contribution < 1.29 is 19.1 Å². The van der Waals surface area contributed by atoms with Crippen LogP contribution in [0.2, 0.25) is 0 Å². The first-order chi connectivity index (χ1) is 32.8. The second-order valence-corrected chi connectivity index (χ2v) is 18.7. The zero-order chi connectivity index (χ0) is 45.4. The molecule has 1 saturated carbocycles. The number of anilines is 3. The molecule has 3 saturated heterocycles. The SMILES string of the molecule is Nc1ncnc2c1c(-c1ccc(Oc3ccccc3)cc1)nn2-c1ccc(N2CCN(C[C@@H]3CCCC[C@H]3CN3CCN(c4ccc5c(c4)CN(C4CCC(=O)NC4=O)C5=O)CC3)CC2)nc1. The van der Waals surface area contributed by atoms with Gasteiger partial charge < -0.3 is 25.2 Å². The van der Waals surface area contributed by atoms with Gasteiger partial charge in [0.05, 0.1) is 17.3 Å². The van der Waals surface area contributed by atoms with Gasteiger partial charge in [0.15, 0.2) is 5.65 Å². The fourth-order valence-electron chi connectivity index (χ4n) is 10.9. The number of amides is 3. The van der Waals surface area contributed by atoms with Crippen LogP contribution in [0.1, 0.15) is 54.4 Å². The molecule has 3 N–H and O–H groups in total. The summed E-state index contributed by atoms with van der Waals surface area (Å²) in [6, 6.07) is 27.1. The molecule has 16 nitrogen and oxygen atoms in total. The van der Waals surface area contributed by atoms with E-state index in [1.54, 1.807) is 9.58 Å². The first-order valence-corrected chi connectivity index (χ1v) is 23.8. The van der Waals surface area contributed by atoms with E-state index in [1.165, 1.54) is 32.0 Å². The van der Waals surface area contributed by atoms with E-state index in [0.717, 1.165) is 105 Å². The molecule has 1 unspecified atom stereocenters. The van der Waals surface area contributed by atoms with Crippen molar-refractivity contribution in [3.63, 3.8) is 0 Å². The smallest absolute Gasteiger partial charge is 0.255 e. The van der Waals surface area contributed by atoms with Crippen molar-refractivity contribution in [1.29, 1.82) is 0 Å². The Morgan fingerprint density at radius 3 is 2.07 bits per heavy atom. The number of fused-ring (bicyclic) bond motifs is 2. The number of nitrogens with two attached hydrogens (primary N) is 1. The van der Waals surface area contributed by atoms with Gasteiger partial charge in [-0.3, -0.25) is 29.5 Å². The number of piperidine rings is 1. The molecule has 7 heterocycles. The van der Waals surface area contributed by atoms with Crippen molar-refractivity contribution in [2.24, 2.45) is 11.8 Å².